The lowest BCUT2D eigenvalue weighted by molar-refractivity contribution is 0.0607. The number of ether oxygens (including phenoxy) is 2. The molecular weight excluding hydrogens is 324 g/mol. The second-order valence-electron chi connectivity index (χ2n) is 4.91. The first-order chi connectivity index (χ1) is 11.7. The first kappa shape index (κ1) is 16.0. The summed E-state index contributed by atoms with van der Waals surface area (Å²) in [5.74, 6) is 0.848. The Labute approximate surface area is 143 Å². The molecule has 3 aromatic rings. The topological polar surface area (TPSA) is 60.5 Å². The Balaban J connectivity index is 1.97. The number of hydrogen-bond donors (Lipinski definition) is 1. The maximum Gasteiger partial charge on any atom is 0.351 e. The fourth-order valence-corrected chi connectivity index (χ4v) is 3.10. The minimum Gasteiger partial charge on any atom is -0.497 e. The molecule has 24 heavy (non-hydrogen) atoms. The number of benzene rings is 2. The SMILES string of the molecule is COC(=O)c1sc(-c2ccc(OC)cc2)nc1Nc1ccccc1. The molecule has 1 heterocycles. The molecule has 0 unspecified atom stereocenters. The number of carbonyl (C=O) groups excluding carboxylic acids is 1. The Morgan fingerprint density at radius 1 is 1.04 bits per heavy atom. The Morgan fingerprint density at radius 2 is 1.75 bits per heavy atom. The van der Waals surface area contributed by atoms with Gasteiger partial charge in [-0.05, 0) is 36.4 Å². The van der Waals surface area contributed by atoms with E-state index in [0.29, 0.717) is 10.7 Å². The number of methoxy groups -OCH3 is 2. The lowest BCUT2D eigenvalue weighted by Crippen LogP contribution is -2.02. The van der Waals surface area contributed by atoms with Crippen molar-refractivity contribution in [2.45, 2.75) is 0 Å². The highest BCUT2D eigenvalue weighted by Crippen LogP contribution is 2.33. The smallest absolute Gasteiger partial charge is 0.351 e. The number of rotatable bonds is 5. The summed E-state index contributed by atoms with van der Waals surface area (Å²) in [5, 5.41) is 3.91. The van der Waals surface area contributed by atoms with E-state index in [4.69, 9.17) is 9.47 Å². The molecule has 0 aliphatic rings. The molecule has 5 nitrogen and oxygen atoms in total. The van der Waals surface area contributed by atoms with Crippen LogP contribution >= 0.6 is 11.3 Å². The molecule has 6 heteroatoms. The van der Waals surface area contributed by atoms with E-state index in [1.807, 2.05) is 54.6 Å². The van der Waals surface area contributed by atoms with Crippen molar-refractivity contribution in [2.24, 2.45) is 0 Å². The van der Waals surface area contributed by atoms with Gasteiger partial charge in [-0.1, -0.05) is 18.2 Å². The van der Waals surface area contributed by atoms with Crippen LogP contribution in [-0.4, -0.2) is 25.2 Å². The Hall–Kier alpha value is -2.86. The van der Waals surface area contributed by atoms with Gasteiger partial charge in [0.2, 0.25) is 0 Å². The molecule has 0 aliphatic carbocycles. The molecule has 0 bridgehead atoms. The van der Waals surface area contributed by atoms with Crippen LogP contribution in [0.25, 0.3) is 10.6 Å². The van der Waals surface area contributed by atoms with E-state index in [9.17, 15) is 4.79 Å². The highest BCUT2D eigenvalue weighted by atomic mass is 32.1. The molecule has 0 saturated heterocycles. The van der Waals surface area contributed by atoms with Gasteiger partial charge >= 0.3 is 5.97 Å². The van der Waals surface area contributed by atoms with E-state index in [1.165, 1.54) is 18.4 Å². The fourth-order valence-electron chi connectivity index (χ4n) is 2.15. The number of carbonyl (C=O) groups is 1. The molecule has 122 valence electrons. The summed E-state index contributed by atoms with van der Waals surface area (Å²) in [7, 11) is 2.98. The molecule has 0 aliphatic heterocycles. The van der Waals surface area contributed by atoms with Gasteiger partial charge in [-0.2, -0.15) is 0 Å². The zero-order valence-electron chi connectivity index (χ0n) is 13.3. The van der Waals surface area contributed by atoms with Crippen LogP contribution in [0.1, 0.15) is 9.67 Å². The van der Waals surface area contributed by atoms with Crippen molar-refractivity contribution in [1.29, 1.82) is 0 Å². The van der Waals surface area contributed by atoms with Crippen LogP contribution in [0.5, 0.6) is 5.75 Å². The molecule has 1 aromatic heterocycles. The lowest BCUT2D eigenvalue weighted by Gasteiger charge is -2.04. The van der Waals surface area contributed by atoms with Crippen molar-refractivity contribution in [3.05, 3.63) is 59.5 Å². The summed E-state index contributed by atoms with van der Waals surface area (Å²) in [6.45, 7) is 0. The van der Waals surface area contributed by atoms with Gasteiger partial charge in [0, 0.05) is 11.3 Å². The fraction of sp³-hybridized carbons (Fsp3) is 0.111. The highest BCUT2D eigenvalue weighted by molar-refractivity contribution is 7.17. The van der Waals surface area contributed by atoms with E-state index in [-0.39, 0.29) is 0 Å². The molecule has 3 rings (SSSR count). The molecule has 1 N–H and O–H groups in total. The number of nitrogens with one attached hydrogen (secondary N) is 1. The molecular formula is C18H16N2O3S. The van der Waals surface area contributed by atoms with Gasteiger partial charge in [0.05, 0.1) is 14.2 Å². The molecule has 2 aromatic carbocycles. The summed E-state index contributed by atoms with van der Waals surface area (Å²) >= 11 is 1.29. The third-order valence-corrected chi connectivity index (χ3v) is 4.46. The van der Waals surface area contributed by atoms with Gasteiger partial charge in [-0.15, -0.1) is 11.3 Å². The quantitative estimate of drug-likeness (QED) is 0.700. The van der Waals surface area contributed by atoms with E-state index in [2.05, 4.69) is 10.3 Å². The number of aromatic nitrogens is 1. The molecule has 0 amide bonds. The summed E-state index contributed by atoms with van der Waals surface area (Å²) < 4.78 is 10.0. The van der Waals surface area contributed by atoms with Gasteiger partial charge in [-0.3, -0.25) is 0 Å². The van der Waals surface area contributed by atoms with Crippen LogP contribution in [0.15, 0.2) is 54.6 Å². The number of para-hydroxylation sites is 1. The Bertz CT molecular complexity index is 829. The van der Waals surface area contributed by atoms with Crippen molar-refractivity contribution < 1.29 is 14.3 Å². The van der Waals surface area contributed by atoms with Crippen LogP contribution < -0.4 is 10.1 Å². The zero-order valence-corrected chi connectivity index (χ0v) is 14.1. The van der Waals surface area contributed by atoms with Gasteiger partial charge in [-0.25, -0.2) is 9.78 Å². The predicted octanol–water partition coefficient (Wildman–Crippen LogP) is 4.35. The van der Waals surface area contributed by atoms with E-state index >= 15 is 0 Å². The number of esters is 1. The largest absolute Gasteiger partial charge is 0.497 e. The van der Waals surface area contributed by atoms with Crippen LogP contribution in [0, 0.1) is 0 Å². The van der Waals surface area contributed by atoms with Crippen LogP contribution in [0.2, 0.25) is 0 Å². The maximum atomic E-state index is 12.1. The number of anilines is 2. The second-order valence-corrected chi connectivity index (χ2v) is 5.91. The van der Waals surface area contributed by atoms with Crippen molar-refractivity contribution in [1.82, 2.24) is 4.98 Å². The molecule has 0 saturated carbocycles. The molecule has 0 spiro atoms. The van der Waals surface area contributed by atoms with Crippen molar-refractivity contribution in [3.63, 3.8) is 0 Å². The summed E-state index contributed by atoms with van der Waals surface area (Å²) in [4.78, 5) is 17.1. The lowest BCUT2D eigenvalue weighted by atomic mass is 10.2. The molecule has 0 radical (unpaired) electrons. The van der Waals surface area contributed by atoms with Crippen LogP contribution in [0.4, 0.5) is 11.5 Å². The van der Waals surface area contributed by atoms with Crippen LogP contribution in [0.3, 0.4) is 0 Å². The first-order valence-electron chi connectivity index (χ1n) is 7.27. The first-order valence-corrected chi connectivity index (χ1v) is 8.08. The normalized spacial score (nSPS) is 10.2. The van der Waals surface area contributed by atoms with E-state index < -0.39 is 5.97 Å². The van der Waals surface area contributed by atoms with Gasteiger partial charge in [0.15, 0.2) is 10.7 Å². The second kappa shape index (κ2) is 7.14. The Morgan fingerprint density at radius 3 is 2.38 bits per heavy atom. The Kier molecular flexibility index (Phi) is 4.77. The minimum atomic E-state index is -0.411. The number of thiazole rings is 1. The van der Waals surface area contributed by atoms with Gasteiger partial charge in [0.1, 0.15) is 10.8 Å². The standard InChI is InChI=1S/C18H16N2O3S/c1-22-14-10-8-12(9-11-14)17-20-16(15(24-17)18(21)23-2)19-13-6-4-3-5-7-13/h3-11,19H,1-2H3. The van der Waals surface area contributed by atoms with Crippen LogP contribution in [-0.2, 0) is 4.74 Å². The van der Waals surface area contributed by atoms with Crippen molar-refractivity contribution in [3.8, 4) is 16.3 Å². The molecule has 0 atom stereocenters. The van der Waals surface area contributed by atoms with Gasteiger partial charge < -0.3 is 14.8 Å². The van der Waals surface area contributed by atoms with Gasteiger partial charge in [0.25, 0.3) is 0 Å². The monoisotopic (exact) mass is 340 g/mol. The average Bonchev–Trinajstić information content (AvgIpc) is 3.05. The van der Waals surface area contributed by atoms with E-state index in [0.717, 1.165) is 22.0 Å². The van der Waals surface area contributed by atoms with Crippen molar-refractivity contribution in [2.75, 3.05) is 19.5 Å². The number of hydrogen-bond acceptors (Lipinski definition) is 6. The predicted molar refractivity (Wildman–Crippen MR) is 95.2 cm³/mol. The van der Waals surface area contributed by atoms with Crippen molar-refractivity contribution >= 4 is 28.8 Å². The maximum absolute atomic E-state index is 12.1. The minimum absolute atomic E-state index is 0.411. The summed E-state index contributed by atoms with van der Waals surface area (Å²) in [6.07, 6.45) is 0. The average molecular weight is 340 g/mol. The summed E-state index contributed by atoms with van der Waals surface area (Å²) in [6, 6.07) is 17.1. The third kappa shape index (κ3) is 3.38. The highest BCUT2D eigenvalue weighted by Gasteiger charge is 2.20. The zero-order chi connectivity index (χ0) is 16.9. The third-order valence-electron chi connectivity index (χ3n) is 3.37. The van der Waals surface area contributed by atoms with E-state index in [1.54, 1.807) is 7.11 Å². The number of nitrogens with zero attached hydrogens (tertiary/aromatic N) is 1. The molecule has 0 fully saturated rings. The summed E-state index contributed by atoms with van der Waals surface area (Å²) in [5.41, 5.74) is 1.77.